The van der Waals surface area contributed by atoms with Crippen LogP contribution >= 0.6 is 0 Å². The van der Waals surface area contributed by atoms with Gasteiger partial charge in [0.1, 0.15) is 36.2 Å². The summed E-state index contributed by atoms with van der Waals surface area (Å²) in [6.45, 7) is 3.94. The molecule has 49 heavy (non-hydrogen) atoms. The highest BCUT2D eigenvalue weighted by molar-refractivity contribution is 7.91. The lowest BCUT2D eigenvalue weighted by atomic mass is 10.1. The standard InChI is InChI=1S/C38H46O9S2/c1-2-3-4-5-6-7-8-9-26-45-32-12-20-37(21-13-32)49(42,43)38-24-16-34(17-25-38)47-30-28-44-27-29-46-33-14-22-36(23-15-33)48(40,41)35-18-10-31(39)11-19-35/h10-25,39H,2-9,26-30H2,1H3. The summed E-state index contributed by atoms with van der Waals surface area (Å²) >= 11 is 0. The second-order valence-corrected chi connectivity index (χ2v) is 15.4. The van der Waals surface area contributed by atoms with E-state index in [1.165, 1.54) is 87.1 Å². The average molecular weight is 711 g/mol. The maximum absolute atomic E-state index is 13.1. The van der Waals surface area contributed by atoms with Crippen LogP contribution < -0.4 is 14.2 Å². The number of hydrogen-bond donors (Lipinski definition) is 1. The monoisotopic (exact) mass is 710 g/mol. The van der Waals surface area contributed by atoms with Gasteiger partial charge in [-0.3, -0.25) is 0 Å². The third-order valence-electron chi connectivity index (χ3n) is 7.81. The maximum atomic E-state index is 13.1. The Hall–Kier alpha value is -4.06. The molecule has 0 aliphatic heterocycles. The molecule has 0 spiro atoms. The SMILES string of the molecule is CCCCCCCCCCOc1ccc(S(=O)(=O)c2ccc(OCCOCCOc3ccc(S(=O)(=O)c4ccc(O)cc4)cc3)cc2)cc1. The molecule has 0 amide bonds. The van der Waals surface area contributed by atoms with Crippen LogP contribution in [0.15, 0.2) is 117 Å². The van der Waals surface area contributed by atoms with Crippen molar-refractivity contribution < 1.29 is 40.9 Å². The minimum absolute atomic E-state index is 0.00798. The van der Waals surface area contributed by atoms with E-state index < -0.39 is 19.7 Å². The minimum Gasteiger partial charge on any atom is -0.508 e. The molecule has 1 N–H and O–H groups in total. The van der Waals surface area contributed by atoms with Gasteiger partial charge in [-0.25, -0.2) is 16.8 Å². The van der Waals surface area contributed by atoms with E-state index in [2.05, 4.69) is 6.92 Å². The zero-order valence-electron chi connectivity index (χ0n) is 28.0. The number of ether oxygens (including phenoxy) is 4. The number of phenols is 1. The topological polar surface area (TPSA) is 125 Å². The van der Waals surface area contributed by atoms with E-state index in [0.29, 0.717) is 30.5 Å². The van der Waals surface area contributed by atoms with Gasteiger partial charge in [-0.05, 0) is 103 Å². The van der Waals surface area contributed by atoms with E-state index in [4.69, 9.17) is 18.9 Å². The maximum Gasteiger partial charge on any atom is 0.206 e. The van der Waals surface area contributed by atoms with Crippen LogP contribution in [-0.2, 0) is 24.4 Å². The molecule has 4 aromatic carbocycles. The van der Waals surface area contributed by atoms with Crippen LogP contribution in [-0.4, -0.2) is 55.0 Å². The molecular formula is C38H46O9S2. The molecule has 11 heteroatoms. The van der Waals surface area contributed by atoms with Gasteiger partial charge in [0.15, 0.2) is 0 Å². The van der Waals surface area contributed by atoms with Crippen LogP contribution in [0.4, 0.5) is 0 Å². The number of rotatable bonds is 22. The Bertz CT molecular complexity index is 1750. The fraction of sp³-hybridized carbons (Fsp3) is 0.368. The highest BCUT2D eigenvalue weighted by atomic mass is 32.2. The van der Waals surface area contributed by atoms with Crippen molar-refractivity contribution in [2.45, 2.75) is 77.9 Å². The Balaban J connectivity index is 1.11. The molecule has 0 heterocycles. The van der Waals surface area contributed by atoms with E-state index in [0.717, 1.165) is 12.8 Å². The number of aromatic hydroxyl groups is 1. The summed E-state index contributed by atoms with van der Waals surface area (Å²) in [5, 5.41) is 9.40. The molecule has 4 aromatic rings. The fourth-order valence-corrected chi connectivity index (χ4v) is 7.53. The first-order valence-corrected chi connectivity index (χ1v) is 19.7. The van der Waals surface area contributed by atoms with Crippen molar-refractivity contribution in [1.29, 1.82) is 0 Å². The van der Waals surface area contributed by atoms with Crippen LogP contribution in [0.2, 0.25) is 0 Å². The highest BCUT2D eigenvalue weighted by Crippen LogP contribution is 2.26. The Labute approximate surface area is 290 Å². The molecule has 0 saturated heterocycles. The van der Waals surface area contributed by atoms with Crippen LogP contribution in [0.3, 0.4) is 0 Å². The van der Waals surface area contributed by atoms with Crippen molar-refractivity contribution >= 4 is 19.7 Å². The molecule has 0 radical (unpaired) electrons. The molecule has 0 fully saturated rings. The van der Waals surface area contributed by atoms with Crippen molar-refractivity contribution in [2.75, 3.05) is 33.0 Å². The molecule has 0 aliphatic rings. The van der Waals surface area contributed by atoms with Gasteiger partial charge < -0.3 is 24.1 Å². The predicted octanol–water partition coefficient (Wildman–Crippen LogP) is 8.05. The Morgan fingerprint density at radius 3 is 1.14 bits per heavy atom. The Kier molecular flexibility index (Phi) is 14.8. The number of unbranched alkanes of at least 4 members (excludes halogenated alkanes) is 7. The van der Waals surface area contributed by atoms with Gasteiger partial charge in [-0.1, -0.05) is 51.9 Å². The summed E-state index contributed by atoms with van der Waals surface area (Å²) in [5.74, 6) is 1.67. The first-order valence-electron chi connectivity index (χ1n) is 16.8. The predicted molar refractivity (Wildman–Crippen MR) is 188 cm³/mol. The van der Waals surface area contributed by atoms with Crippen LogP contribution in [0, 0.1) is 0 Å². The van der Waals surface area contributed by atoms with Gasteiger partial charge >= 0.3 is 0 Å². The fourth-order valence-electron chi connectivity index (χ4n) is 5.01. The summed E-state index contributed by atoms with van der Waals surface area (Å²) in [4.78, 5) is 0.581. The van der Waals surface area contributed by atoms with Crippen molar-refractivity contribution in [3.8, 4) is 23.0 Å². The lowest BCUT2D eigenvalue weighted by Crippen LogP contribution is -2.12. The van der Waals surface area contributed by atoms with Crippen molar-refractivity contribution in [3.63, 3.8) is 0 Å². The summed E-state index contributed by atoms with van der Waals surface area (Å²) in [6.07, 6.45) is 9.81. The minimum atomic E-state index is -3.70. The molecule has 0 aromatic heterocycles. The van der Waals surface area contributed by atoms with E-state index >= 15 is 0 Å². The van der Waals surface area contributed by atoms with Gasteiger partial charge in [0.2, 0.25) is 19.7 Å². The number of hydrogen-bond acceptors (Lipinski definition) is 9. The average Bonchev–Trinajstić information content (AvgIpc) is 3.11. The van der Waals surface area contributed by atoms with E-state index in [1.807, 2.05) is 0 Å². The second-order valence-electron chi connectivity index (χ2n) is 11.5. The number of benzene rings is 4. The third-order valence-corrected chi connectivity index (χ3v) is 11.4. The molecule has 0 bridgehead atoms. The van der Waals surface area contributed by atoms with Crippen LogP contribution in [0.1, 0.15) is 58.3 Å². The second kappa shape index (κ2) is 19.2. The lowest BCUT2D eigenvalue weighted by molar-refractivity contribution is 0.0764. The van der Waals surface area contributed by atoms with Gasteiger partial charge in [-0.2, -0.15) is 0 Å². The molecule has 0 unspecified atom stereocenters. The van der Waals surface area contributed by atoms with Crippen molar-refractivity contribution in [3.05, 3.63) is 97.1 Å². The molecule has 0 aliphatic carbocycles. The van der Waals surface area contributed by atoms with E-state index in [-0.39, 0.29) is 45.2 Å². The summed E-state index contributed by atoms with van der Waals surface area (Å²) < 4.78 is 74.4. The summed E-state index contributed by atoms with van der Waals surface area (Å²) in [6, 6.07) is 24.2. The molecule has 9 nitrogen and oxygen atoms in total. The van der Waals surface area contributed by atoms with Gasteiger partial charge in [-0.15, -0.1) is 0 Å². The normalized spacial score (nSPS) is 11.7. The molecule has 4 rings (SSSR count). The largest absolute Gasteiger partial charge is 0.508 e. The van der Waals surface area contributed by atoms with Crippen LogP contribution in [0.5, 0.6) is 23.0 Å². The first kappa shape index (κ1) is 37.8. The Morgan fingerprint density at radius 1 is 0.429 bits per heavy atom. The zero-order chi connectivity index (χ0) is 35.0. The Morgan fingerprint density at radius 2 is 0.755 bits per heavy atom. The van der Waals surface area contributed by atoms with Crippen molar-refractivity contribution in [2.24, 2.45) is 0 Å². The van der Waals surface area contributed by atoms with E-state index in [1.54, 1.807) is 48.5 Å². The third kappa shape index (κ3) is 11.8. The van der Waals surface area contributed by atoms with E-state index in [9.17, 15) is 21.9 Å². The number of phenolic OH excluding ortho intramolecular Hbond substituents is 1. The molecular weight excluding hydrogens is 665 g/mol. The summed E-state index contributed by atoms with van der Waals surface area (Å²) in [5.41, 5.74) is 0. The summed E-state index contributed by atoms with van der Waals surface area (Å²) in [7, 11) is -7.39. The lowest BCUT2D eigenvalue weighted by Gasteiger charge is -2.10. The zero-order valence-corrected chi connectivity index (χ0v) is 29.6. The highest BCUT2D eigenvalue weighted by Gasteiger charge is 2.19. The van der Waals surface area contributed by atoms with Crippen molar-refractivity contribution in [1.82, 2.24) is 0 Å². The smallest absolute Gasteiger partial charge is 0.206 e. The molecule has 0 atom stereocenters. The van der Waals surface area contributed by atoms with Gasteiger partial charge in [0, 0.05) is 0 Å². The quantitative estimate of drug-likeness (QED) is 0.0807. The molecule has 264 valence electrons. The van der Waals surface area contributed by atoms with Gasteiger partial charge in [0.05, 0.1) is 39.4 Å². The van der Waals surface area contributed by atoms with Crippen LogP contribution in [0.25, 0.3) is 0 Å². The first-order chi connectivity index (χ1) is 23.7. The van der Waals surface area contributed by atoms with Gasteiger partial charge in [0.25, 0.3) is 0 Å². The number of sulfone groups is 2. The molecule has 0 saturated carbocycles.